The van der Waals surface area contributed by atoms with Crippen LogP contribution in [0.3, 0.4) is 0 Å². The van der Waals surface area contributed by atoms with Crippen LogP contribution in [0, 0.1) is 0 Å². The van der Waals surface area contributed by atoms with Gasteiger partial charge in [0.2, 0.25) is 0 Å². The maximum Gasteiger partial charge on any atom is 0.198 e. The van der Waals surface area contributed by atoms with E-state index in [1.165, 1.54) is 29.2 Å². The fourth-order valence-electron chi connectivity index (χ4n) is 1.55. The van der Waals surface area contributed by atoms with Gasteiger partial charge >= 0.3 is 0 Å². The molecule has 6 N–H and O–H groups in total. The first-order valence-corrected chi connectivity index (χ1v) is 6.97. The number of aromatic nitrogens is 3. The summed E-state index contributed by atoms with van der Waals surface area (Å²) in [5, 5.41) is 0.490. The first-order valence-electron chi connectivity index (χ1n) is 5.34. The largest absolute Gasteiger partial charge is 0.399 e. The smallest absolute Gasteiger partial charge is 0.198 e. The van der Waals surface area contributed by atoms with Crippen molar-refractivity contribution < 1.29 is 0 Å². The van der Waals surface area contributed by atoms with Gasteiger partial charge in [-0.15, -0.1) is 11.3 Å². The van der Waals surface area contributed by atoms with E-state index in [1.54, 1.807) is 0 Å². The third-order valence-corrected chi connectivity index (χ3v) is 4.26. The second-order valence-electron chi connectivity index (χ2n) is 3.81. The lowest BCUT2D eigenvalue weighted by atomic mass is 10.3. The average molecular weight is 290 g/mol. The van der Waals surface area contributed by atoms with Crippen LogP contribution in [0.25, 0.3) is 10.2 Å². The first-order chi connectivity index (χ1) is 9.10. The Balaban J connectivity index is 1.96. The van der Waals surface area contributed by atoms with Crippen molar-refractivity contribution in [3.8, 4) is 0 Å². The van der Waals surface area contributed by atoms with Crippen molar-refractivity contribution in [3.63, 3.8) is 0 Å². The van der Waals surface area contributed by atoms with Crippen molar-refractivity contribution in [2.24, 2.45) is 0 Å². The number of nitrogens with zero attached hydrogens (tertiary/aromatic N) is 3. The van der Waals surface area contributed by atoms with Crippen molar-refractivity contribution in [3.05, 3.63) is 24.3 Å². The molecule has 0 radical (unpaired) electrons. The standard InChI is InChI=1S/C11H10N6S2/c12-5-1-2-6-7(3-5)18-11(15-6)19-10-16-8(13)4-9(14)17-10/h1-4H,12H2,(H4,13,14,16,17). The van der Waals surface area contributed by atoms with Crippen molar-refractivity contribution in [2.75, 3.05) is 17.2 Å². The van der Waals surface area contributed by atoms with Crippen LogP contribution in [0.1, 0.15) is 0 Å². The van der Waals surface area contributed by atoms with Gasteiger partial charge in [0, 0.05) is 11.8 Å². The van der Waals surface area contributed by atoms with E-state index in [4.69, 9.17) is 17.2 Å². The van der Waals surface area contributed by atoms with Crippen LogP contribution in [0.5, 0.6) is 0 Å². The molecule has 19 heavy (non-hydrogen) atoms. The number of hydrogen-bond donors (Lipinski definition) is 3. The minimum Gasteiger partial charge on any atom is -0.399 e. The highest BCUT2D eigenvalue weighted by Gasteiger charge is 2.09. The molecule has 0 aliphatic rings. The molecule has 0 atom stereocenters. The Hall–Kier alpha value is -2.06. The zero-order chi connectivity index (χ0) is 13.4. The van der Waals surface area contributed by atoms with Gasteiger partial charge in [-0.3, -0.25) is 0 Å². The molecular formula is C11H10N6S2. The van der Waals surface area contributed by atoms with Crippen LogP contribution >= 0.6 is 23.1 Å². The summed E-state index contributed by atoms with van der Waals surface area (Å²) in [6.45, 7) is 0. The Labute approximate surface area is 117 Å². The van der Waals surface area contributed by atoms with E-state index in [-0.39, 0.29) is 0 Å². The predicted octanol–water partition coefficient (Wildman–Crippen LogP) is 1.98. The van der Waals surface area contributed by atoms with E-state index in [2.05, 4.69) is 15.0 Å². The predicted molar refractivity (Wildman–Crippen MR) is 79.0 cm³/mol. The summed E-state index contributed by atoms with van der Waals surface area (Å²) in [5.41, 5.74) is 18.6. The van der Waals surface area contributed by atoms with E-state index >= 15 is 0 Å². The third-order valence-electron chi connectivity index (χ3n) is 2.32. The van der Waals surface area contributed by atoms with Crippen molar-refractivity contribution in [1.82, 2.24) is 15.0 Å². The van der Waals surface area contributed by atoms with Gasteiger partial charge in [-0.25, -0.2) is 15.0 Å². The summed E-state index contributed by atoms with van der Waals surface area (Å²) in [6.07, 6.45) is 0. The fourth-order valence-corrected chi connectivity index (χ4v) is 3.56. The highest BCUT2D eigenvalue weighted by Crippen LogP contribution is 2.33. The minimum atomic E-state index is 0.348. The molecule has 3 rings (SSSR count). The van der Waals surface area contributed by atoms with Gasteiger partial charge in [0.15, 0.2) is 9.50 Å². The van der Waals surface area contributed by atoms with Crippen LogP contribution in [0.2, 0.25) is 0 Å². The zero-order valence-electron chi connectivity index (χ0n) is 9.70. The molecule has 3 aromatic rings. The van der Waals surface area contributed by atoms with E-state index < -0.39 is 0 Å². The quantitative estimate of drug-likeness (QED) is 0.488. The maximum absolute atomic E-state index is 5.74. The van der Waals surface area contributed by atoms with Gasteiger partial charge in [0.25, 0.3) is 0 Å². The molecule has 1 aromatic carbocycles. The van der Waals surface area contributed by atoms with Gasteiger partial charge in [-0.05, 0) is 30.0 Å². The number of rotatable bonds is 2. The molecule has 0 saturated carbocycles. The molecule has 0 amide bonds. The Morgan fingerprint density at radius 3 is 2.42 bits per heavy atom. The normalized spacial score (nSPS) is 10.9. The number of nitrogen functional groups attached to an aromatic ring is 3. The van der Waals surface area contributed by atoms with Gasteiger partial charge in [-0.2, -0.15) is 0 Å². The van der Waals surface area contributed by atoms with E-state index in [9.17, 15) is 0 Å². The molecule has 96 valence electrons. The van der Waals surface area contributed by atoms with E-state index in [1.807, 2.05) is 18.2 Å². The van der Waals surface area contributed by atoms with Crippen LogP contribution in [0.15, 0.2) is 33.8 Å². The lowest BCUT2D eigenvalue weighted by Crippen LogP contribution is -1.98. The average Bonchev–Trinajstić information content (AvgIpc) is 2.68. The SMILES string of the molecule is Nc1ccc2nc(Sc3nc(N)cc(N)n3)sc2c1. The molecule has 0 unspecified atom stereocenters. The second-order valence-corrected chi connectivity index (χ2v) is 6.05. The summed E-state index contributed by atoms with van der Waals surface area (Å²) in [6, 6.07) is 7.13. The lowest BCUT2D eigenvalue weighted by molar-refractivity contribution is 0.983. The molecule has 6 nitrogen and oxygen atoms in total. The molecule has 2 aromatic heterocycles. The van der Waals surface area contributed by atoms with Crippen LogP contribution < -0.4 is 17.2 Å². The van der Waals surface area contributed by atoms with Crippen molar-refractivity contribution in [1.29, 1.82) is 0 Å². The fraction of sp³-hybridized carbons (Fsp3) is 0. The Morgan fingerprint density at radius 1 is 0.947 bits per heavy atom. The van der Waals surface area contributed by atoms with Crippen LogP contribution in [-0.4, -0.2) is 15.0 Å². The number of nitrogens with two attached hydrogens (primary N) is 3. The molecule has 0 fully saturated rings. The highest BCUT2D eigenvalue weighted by atomic mass is 32.2. The third kappa shape index (κ3) is 2.54. The summed E-state index contributed by atoms with van der Waals surface area (Å²) in [5.74, 6) is 0.695. The summed E-state index contributed by atoms with van der Waals surface area (Å²) in [7, 11) is 0. The van der Waals surface area contributed by atoms with E-state index in [0.717, 1.165) is 20.2 Å². The zero-order valence-corrected chi connectivity index (χ0v) is 11.3. The summed E-state index contributed by atoms with van der Waals surface area (Å²) in [4.78, 5) is 12.7. The first kappa shape index (κ1) is 12.0. The van der Waals surface area contributed by atoms with Crippen molar-refractivity contribution >= 4 is 50.6 Å². The van der Waals surface area contributed by atoms with E-state index in [0.29, 0.717) is 16.8 Å². The molecule has 0 saturated heterocycles. The molecule has 0 aliphatic heterocycles. The molecule has 0 spiro atoms. The molecule has 8 heteroatoms. The summed E-state index contributed by atoms with van der Waals surface area (Å²) >= 11 is 2.86. The molecule has 0 bridgehead atoms. The Bertz CT molecular complexity index is 734. The maximum atomic E-state index is 5.74. The number of anilines is 3. The van der Waals surface area contributed by atoms with Crippen LogP contribution in [-0.2, 0) is 0 Å². The number of thiazole rings is 1. The number of hydrogen-bond acceptors (Lipinski definition) is 8. The monoisotopic (exact) mass is 290 g/mol. The highest BCUT2D eigenvalue weighted by molar-refractivity contribution is 8.01. The van der Waals surface area contributed by atoms with Crippen molar-refractivity contribution in [2.45, 2.75) is 9.50 Å². The van der Waals surface area contributed by atoms with Gasteiger partial charge in [0.05, 0.1) is 10.2 Å². The Kier molecular flexibility index (Phi) is 2.88. The minimum absolute atomic E-state index is 0.348. The second kappa shape index (κ2) is 4.56. The lowest BCUT2D eigenvalue weighted by Gasteiger charge is -1.99. The van der Waals surface area contributed by atoms with Gasteiger partial charge in [0.1, 0.15) is 11.6 Å². The Morgan fingerprint density at radius 2 is 1.68 bits per heavy atom. The molecule has 0 aliphatic carbocycles. The molecule has 2 heterocycles. The number of fused-ring (bicyclic) bond motifs is 1. The van der Waals surface area contributed by atoms with Gasteiger partial charge < -0.3 is 17.2 Å². The number of benzene rings is 1. The summed E-state index contributed by atoms with van der Waals surface area (Å²) < 4.78 is 1.85. The van der Waals surface area contributed by atoms with Gasteiger partial charge in [-0.1, -0.05) is 0 Å². The van der Waals surface area contributed by atoms with Crippen LogP contribution in [0.4, 0.5) is 17.3 Å². The molecular weight excluding hydrogens is 280 g/mol. The topological polar surface area (TPSA) is 117 Å².